The fourth-order valence-corrected chi connectivity index (χ4v) is 4.54. The maximum absolute atomic E-state index is 12.3. The largest absolute Gasteiger partial charge is 0.355 e. The molecule has 3 N–H and O–H groups in total. The van der Waals surface area contributed by atoms with Crippen LogP contribution in [0.3, 0.4) is 0 Å². The van der Waals surface area contributed by atoms with E-state index in [1.165, 1.54) is 22.9 Å². The summed E-state index contributed by atoms with van der Waals surface area (Å²) in [5.74, 6) is 0.988. The maximum Gasteiger partial charge on any atom is 0.230 e. The van der Waals surface area contributed by atoms with Gasteiger partial charge < -0.3 is 16.0 Å². The summed E-state index contributed by atoms with van der Waals surface area (Å²) in [6.07, 6.45) is 5.05. The van der Waals surface area contributed by atoms with Gasteiger partial charge in [-0.05, 0) is 36.9 Å². The number of amides is 1. The van der Waals surface area contributed by atoms with Crippen molar-refractivity contribution in [1.29, 1.82) is 0 Å². The number of thioether (sulfide) groups is 1. The van der Waals surface area contributed by atoms with Crippen LogP contribution in [0.15, 0.2) is 71.9 Å². The van der Waals surface area contributed by atoms with Gasteiger partial charge in [-0.15, -0.1) is 0 Å². The van der Waals surface area contributed by atoms with Crippen LogP contribution in [0.5, 0.6) is 0 Å². The molecule has 186 valence electrons. The molecular weight excluding hydrogens is 478 g/mol. The van der Waals surface area contributed by atoms with Crippen molar-refractivity contribution in [3.63, 3.8) is 0 Å². The predicted octanol–water partition coefficient (Wildman–Crippen LogP) is 5.11. The molecule has 8 heteroatoms. The molecule has 1 amide bonds. The lowest BCUT2D eigenvalue weighted by Gasteiger charge is -2.24. The number of nitrogens with zero attached hydrogens (tertiary/aromatic N) is 3. The Kier molecular flexibility index (Phi) is 11.9. The zero-order valence-corrected chi connectivity index (χ0v) is 21.6. The monoisotopic (exact) mass is 511 g/mol. The van der Waals surface area contributed by atoms with E-state index in [2.05, 4.69) is 51.6 Å². The van der Waals surface area contributed by atoms with Crippen LogP contribution in [0, 0.1) is 0 Å². The lowest BCUT2D eigenvalue weighted by atomic mass is 10.1. The van der Waals surface area contributed by atoms with Gasteiger partial charge in [-0.3, -0.25) is 4.79 Å². The Morgan fingerprint density at radius 2 is 1.63 bits per heavy atom. The minimum absolute atomic E-state index is 0.0239. The van der Waals surface area contributed by atoms with Crippen molar-refractivity contribution in [3.8, 4) is 0 Å². The second-order valence-electron chi connectivity index (χ2n) is 8.32. The van der Waals surface area contributed by atoms with E-state index in [1.807, 2.05) is 24.3 Å². The van der Waals surface area contributed by atoms with Crippen LogP contribution >= 0.6 is 23.4 Å². The predicted molar refractivity (Wildman–Crippen MR) is 146 cm³/mol. The van der Waals surface area contributed by atoms with Crippen LogP contribution in [-0.2, 0) is 17.8 Å². The number of nitrogens with two attached hydrogens (primary N) is 1. The number of hydrogen-bond donors (Lipinski definition) is 2. The lowest BCUT2D eigenvalue weighted by molar-refractivity contribution is -0.118. The number of halogens is 1. The highest BCUT2D eigenvalue weighted by molar-refractivity contribution is 7.99. The first kappa shape index (κ1) is 27.0. The van der Waals surface area contributed by atoms with E-state index < -0.39 is 0 Å². The number of carbonyl (C=O) groups is 1. The minimum Gasteiger partial charge on any atom is -0.355 e. The molecule has 0 aliphatic carbocycles. The Morgan fingerprint density at radius 1 is 0.943 bits per heavy atom. The molecule has 0 saturated carbocycles. The average molecular weight is 512 g/mol. The summed E-state index contributed by atoms with van der Waals surface area (Å²) < 4.78 is 0. The minimum atomic E-state index is -0.0239. The fourth-order valence-electron chi connectivity index (χ4n) is 3.63. The number of benzene rings is 2. The third-order valence-electron chi connectivity index (χ3n) is 5.50. The third-order valence-corrected chi connectivity index (χ3v) is 6.54. The third kappa shape index (κ3) is 10.3. The Balaban J connectivity index is 1.62. The van der Waals surface area contributed by atoms with Gasteiger partial charge in [0.15, 0.2) is 5.16 Å². The van der Waals surface area contributed by atoms with Crippen LogP contribution < -0.4 is 16.0 Å². The van der Waals surface area contributed by atoms with Gasteiger partial charge in [0.25, 0.3) is 0 Å². The molecule has 3 aromatic rings. The van der Waals surface area contributed by atoms with Gasteiger partial charge in [-0.25, -0.2) is 9.97 Å². The Labute approximate surface area is 217 Å². The first-order valence-corrected chi connectivity index (χ1v) is 13.5. The number of carbonyl (C=O) groups excluding carboxylic acids is 1. The summed E-state index contributed by atoms with van der Waals surface area (Å²) in [4.78, 5) is 23.6. The van der Waals surface area contributed by atoms with Crippen molar-refractivity contribution in [1.82, 2.24) is 15.3 Å². The van der Waals surface area contributed by atoms with Crippen LogP contribution in [-0.4, -0.2) is 41.3 Å². The van der Waals surface area contributed by atoms with E-state index in [1.54, 1.807) is 6.07 Å². The second-order valence-corrected chi connectivity index (χ2v) is 9.65. The topological polar surface area (TPSA) is 84.1 Å². The zero-order valence-electron chi connectivity index (χ0n) is 20.0. The highest BCUT2D eigenvalue weighted by Crippen LogP contribution is 2.23. The van der Waals surface area contributed by atoms with Crippen molar-refractivity contribution in [2.24, 2.45) is 5.73 Å². The van der Waals surface area contributed by atoms with E-state index in [0.717, 1.165) is 51.0 Å². The summed E-state index contributed by atoms with van der Waals surface area (Å²) >= 11 is 7.68. The van der Waals surface area contributed by atoms with Gasteiger partial charge in [-0.2, -0.15) is 0 Å². The van der Waals surface area contributed by atoms with E-state index in [0.29, 0.717) is 23.4 Å². The summed E-state index contributed by atoms with van der Waals surface area (Å²) in [5.41, 5.74) is 7.97. The molecule has 35 heavy (non-hydrogen) atoms. The standard InChI is InChI=1S/C27H34ClN5OS/c28-24-19-25(32-27(31-24)35-21-26(34)30-17-10-2-1-9-16-29)33(20-23-13-7-4-8-14-23)18-15-22-11-5-3-6-12-22/h3-8,11-14,19H,1-2,9-10,15-18,20-21,29H2,(H,30,34). The number of unbranched alkanes of at least 4 members (excludes halogenated alkanes) is 3. The van der Waals surface area contributed by atoms with Gasteiger partial charge >= 0.3 is 0 Å². The van der Waals surface area contributed by atoms with Crippen LogP contribution in [0.4, 0.5) is 5.82 Å². The Bertz CT molecular complexity index is 1020. The summed E-state index contributed by atoms with van der Waals surface area (Å²) in [5, 5.41) is 3.84. The summed E-state index contributed by atoms with van der Waals surface area (Å²) in [6, 6.07) is 22.5. The van der Waals surface area contributed by atoms with Crippen LogP contribution in [0.1, 0.15) is 36.8 Å². The van der Waals surface area contributed by atoms with Crippen molar-refractivity contribution in [2.75, 3.05) is 30.3 Å². The molecule has 1 heterocycles. The SMILES string of the molecule is NCCCCCCNC(=O)CSc1nc(Cl)cc(N(CCc2ccccc2)Cc2ccccc2)n1. The van der Waals surface area contributed by atoms with E-state index >= 15 is 0 Å². The molecule has 0 atom stereocenters. The quantitative estimate of drug-likeness (QED) is 0.128. The zero-order chi connectivity index (χ0) is 24.7. The second kappa shape index (κ2) is 15.4. The van der Waals surface area contributed by atoms with E-state index in [4.69, 9.17) is 22.3 Å². The maximum atomic E-state index is 12.3. The van der Waals surface area contributed by atoms with Crippen molar-refractivity contribution in [2.45, 2.75) is 43.8 Å². The molecule has 3 rings (SSSR count). The van der Waals surface area contributed by atoms with E-state index in [9.17, 15) is 4.79 Å². The van der Waals surface area contributed by atoms with E-state index in [-0.39, 0.29) is 11.7 Å². The highest BCUT2D eigenvalue weighted by Gasteiger charge is 2.14. The Hall–Kier alpha value is -2.61. The molecule has 0 radical (unpaired) electrons. The molecule has 0 fully saturated rings. The summed E-state index contributed by atoms with van der Waals surface area (Å²) in [7, 11) is 0. The molecule has 1 aromatic heterocycles. The first-order chi connectivity index (χ1) is 17.1. The van der Waals surface area contributed by atoms with Crippen LogP contribution in [0.2, 0.25) is 5.15 Å². The number of aromatic nitrogens is 2. The molecule has 6 nitrogen and oxygen atoms in total. The first-order valence-electron chi connectivity index (χ1n) is 12.1. The van der Waals surface area contributed by atoms with Crippen LogP contribution in [0.25, 0.3) is 0 Å². The number of anilines is 1. The number of rotatable bonds is 15. The number of nitrogens with one attached hydrogen (secondary N) is 1. The molecule has 2 aromatic carbocycles. The van der Waals surface area contributed by atoms with Crippen molar-refractivity contribution >= 4 is 35.1 Å². The molecule has 0 bridgehead atoms. The van der Waals surface area contributed by atoms with Gasteiger partial charge in [0.05, 0.1) is 5.75 Å². The number of hydrogen-bond acceptors (Lipinski definition) is 6. The van der Waals surface area contributed by atoms with Crippen molar-refractivity contribution in [3.05, 3.63) is 83.0 Å². The molecule has 0 aliphatic heterocycles. The van der Waals surface area contributed by atoms with Crippen molar-refractivity contribution < 1.29 is 4.79 Å². The summed E-state index contributed by atoms with van der Waals surface area (Å²) in [6.45, 7) is 2.88. The van der Waals surface area contributed by atoms with Gasteiger partial charge in [-0.1, -0.05) is 96.9 Å². The molecule has 0 aliphatic rings. The highest BCUT2D eigenvalue weighted by atomic mass is 35.5. The molecular formula is C27H34ClN5OS. The molecule has 0 saturated heterocycles. The molecule has 0 spiro atoms. The van der Waals surface area contributed by atoms with Gasteiger partial charge in [0, 0.05) is 25.7 Å². The molecule has 0 unspecified atom stereocenters. The Morgan fingerprint density at radius 3 is 2.34 bits per heavy atom. The average Bonchev–Trinajstić information content (AvgIpc) is 2.88. The normalized spacial score (nSPS) is 10.8. The van der Waals surface area contributed by atoms with Gasteiger partial charge in [0.2, 0.25) is 5.91 Å². The smallest absolute Gasteiger partial charge is 0.230 e. The lowest BCUT2D eigenvalue weighted by Crippen LogP contribution is -2.27. The fraction of sp³-hybridized carbons (Fsp3) is 0.370. The van der Waals surface area contributed by atoms with Gasteiger partial charge in [0.1, 0.15) is 11.0 Å².